The third-order valence-corrected chi connectivity index (χ3v) is 4.23. The zero-order valence-electron chi connectivity index (χ0n) is 10.7. The fraction of sp³-hybridized carbons (Fsp3) is 0.250. The van der Waals surface area contributed by atoms with Gasteiger partial charge in [-0.2, -0.15) is 0 Å². The molecule has 3 N–H and O–H groups in total. The predicted octanol–water partition coefficient (Wildman–Crippen LogP) is 1.74. The van der Waals surface area contributed by atoms with E-state index in [2.05, 4.69) is 15.0 Å². The maximum atomic E-state index is 12.0. The largest absolute Gasteiger partial charge is 0.465 e. The van der Waals surface area contributed by atoms with Gasteiger partial charge in [-0.15, -0.1) is 22.7 Å². The number of amides is 1. The minimum atomic E-state index is -0.475. The summed E-state index contributed by atoms with van der Waals surface area (Å²) < 4.78 is 4.65. The van der Waals surface area contributed by atoms with E-state index >= 15 is 0 Å². The Kier molecular flexibility index (Phi) is 4.83. The monoisotopic (exact) mass is 311 g/mol. The number of carbonyl (C=O) groups excluding carboxylic acids is 2. The number of rotatable bonds is 5. The van der Waals surface area contributed by atoms with Crippen LogP contribution in [0.3, 0.4) is 0 Å². The Balaban J connectivity index is 2.11. The van der Waals surface area contributed by atoms with Gasteiger partial charge in [-0.3, -0.25) is 4.79 Å². The van der Waals surface area contributed by atoms with Gasteiger partial charge in [0.05, 0.1) is 17.8 Å². The molecule has 2 aromatic rings. The van der Waals surface area contributed by atoms with Crippen LogP contribution in [0.1, 0.15) is 25.2 Å². The van der Waals surface area contributed by atoms with Crippen molar-refractivity contribution in [3.05, 3.63) is 32.4 Å². The molecule has 0 aromatic carbocycles. The molecule has 8 heteroatoms. The number of nitrogens with one attached hydrogen (secondary N) is 1. The van der Waals surface area contributed by atoms with Gasteiger partial charge in [0, 0.05) is 11.8 Å². The van der Waals surface area contributed by atoms with Crippen LogP contribution in [0.2, 0.25) is 0 Å². The second-order valence-corrected chi connectivity index (χ2v) is 5.63. The molecule has 0 spiro atoms. The molecule has 6 nitrogen and oxygen atoms in total. The minimum absolute atomic E-state index is 0.320. The zero-order chi connectivity index (χ0) is 14.5. The molecule has 1 amide bonds. The number of ether oxygens (including phenoxy) is 1. The molecule has 20 heavy (non-hydrogen) atoms. The number of thiazole rings is 1. The fourth-order valence-corrected chi connectivity index (χ4v) is 3.06. The molecule has 0 aliphatic carbocycles. The van der Waals surface area contributed by atoms with Gasteiger partial charge < -0.3 is 15.8 Å². The number of methoxy groups -OCH3 is 1. The third kappa shape index (κ3) is 3.21. The molecule has 2 aromatic heterocycles. The first kappa shape index (κ1) is 14.6. The molecule has 0 bridgehead atoms. The van der Waals surface area contributed by atoms with Crippen LogP contribution < -0.4 is 11.1 Å². The Labute approximate surface area is 123 Å². The van der Waals surface area contributed by atoms with Crippen LogP contribution in [0.5, 0.6) is 0 Å². The van der Waals surface area contributed by atoms with Crippen LogP contribution in [0.25, 0.3) is 0 Å². The van der Waals surface area contributed by atoms with Gasteiger partial charge in [-0.05, 0) is 18.0 Å². The van der Waals surface area contributed by atoms with Gasteiger partial charge in [0.2, 0.25) is 0 Å². The number of anilines is 1. The van der Waals surface area contributed by atoms with E-state index in [4.69, 9.17) is 5.73 Å². The lowest BCUT2D eigenvalue weighted by atomic mass is 10.3. The molecule has 0 atom stereocenters. The Morgan fingerprint density at radius 2 is 2.25 bits per heavy atom. The van der Waals surface area contributed by atoms with E-state index in [-0.39, 0.29) is 5.91 Å². The van der Waals surface area contributed by atoms with Gasteiger partial charge in [0.15, 0.2) is 0 Å². The highest BCUT2D eigenvalue weighted by molar-refractivity contribution is 7.12. The summed E-state index contributed by atoms with van der Waals surface area (Å²) in [5, 5.41) is 6.86. The van der Waals surface area contributed by atoms with Gasteiger partial charge in [0.25, 0.3) is 5.91 Å². The Morgan fingerprint density at radius 1 is 1.45 bits per heavy atom. The van der Waals surface area contributed by atoms with E-state index in [0.29, 0.717) is 29.2 Å². The second-order valence-electron chi connectivity index (χ2n) is 3.77. The van der Waals surface area contributed by atoms with E-state index in [0.717, 1.165) is 5.01 Å². The molecule has 0 saturated carbocycles. The summed E-state index contributed by atoms with van der Waals surface area (Å²) in [6.45, 7) is 0.492. The first-order valence-corrected chi connectivity index (χ1v) is 7.53. The maximum absolute atomic E-state index is 12.0. The Bertz CT molecular complexity index is 621. The predicted molar refractivity (Wildman–Crippen MR) is 78.5 cm³/mol. The molecule has 0 aliphatic rings. The normalized spacial score (nSPS) is 10.3. The lowest BCUT2D eigenvalue weighted by Crippen LogP contribution is -2.14. The first-order chi connectivity index (χ1) is 9.65. The molecule has 0 fully saturated rings. The highest BCUT2D eigenvalue weighted by Crippen LogP contribution is 2.24. The number of carbonyl (C=O) groups is 2. The first-order valence-electron chi connectivity index (χ1n) is 5.77. The van der Waals surface area contributed by atoms with Crippen LogP contribution in [0.15, 0.2) is 16.8 Å². The quantitative estimate of drug-likeness (QED) is 0.820. The lowest BCUT2D eigenvalue weighted by Gasteiger charge is -2.03. The van der Waals surface area contributed by atoms with Crippen molar-refractivity contribution in [2.45, 2.75) is 6.42 Å². The maximum Gasteiger partial charge on any atom is 0.350 e. The van der Waals surface area contributed by atoms with Crippen molar-refractivity contribution in [1.29, 1.82) is 0 Å². The van der Waals surface area contributed by atoms with Crippen LogP contribution in [0.4, 0.5) is 5.69 Å². The number of aromatic nitrogens is 1. The van der Waals surface area contributed by atoms with E-state index < -0.39 is 5.97 Å². The molecule has 2 rings (SSSR count). The van der Waals surface area contributed by atoms with Gasteiger partial charge in [-0.25, -0.2) is 9.78 Å². The summed E-state index contributed by atoms with van der Waals surface area (Å²) in [7, 11) is 1.30. The van der Waals surface area contributed by atoms with Gasteiger partial charge >= 0.3 is 5.97 Å². The van der Waals surface area contributed by atoms with Gasteiger partial charge in [-0.1, -0.05) is 0 Å². The Hall–Kier alpha value is -1.77. The van der Waals surface area contributed by atoms with E-state index in [9.17, 15) is 9.59 Å². The average Bonchev–Trinajstić information content (AvgIpc) is 3.07. The molecule has 0 radical (unpaired) electrons. The topological polar surface area (TPSA) is 94.3 Å². The van der Waals surface area contributed by atoms with Crippen molar-refractivity contribution >= 4 is 40.2 Å². The van der Waals surface area contributed by atoms with Crippen LogP contribution in [-0.4, -0.2) is 30.5 Å². The summed E-state index contributed by atoms with van der Waals surface area (Å²) in [6, 6.07) is 1.65. The number of hydrogen-bond acceptors (Lipinski definition) is 7. The van der Waals surface area contributed by atoms with Crippen molar-refractivity contribution in [3.8, 4) is 0 Å². The van der Waals surface area contributed by atoms with Crippen molar-refractivity contribution in [2.24, 2.45) is 5.73 Å². The zero-order valence-corrected chi connectivity index (χ0v) is 12.3. The summed E-state index contributed by atoms with van der Waals surface area (Å²) in [5.41, 5.74) is 6.19. The molecule has 106 valence electrons. The number of thiophene rings is 1. The molecule has 0 saturated heterocycles. The van der Waals surface area contributed by atoms with E-state index in [1.54, 1.807) is 16.8 Å². The second kappa shape index (κ2) is 6.60. The van der Waals surface area contributed by atoms with E-state index in [1.165, 1.54) is 29.8 Å². The standard InChI is InChI=1S/C12H13N3O3S2/c1-18-12(17)10-7(3-5-19-10)15-11(16)8-6-20-9(14-8)2-4-13/h3,5-6H,2,4,13H2,1H3,(H,15,16). The summed E-state index contributed by atoms with van der Waals surface area (Å²) in [6.07, 6.45) is 0.643. The molecule has 2 heterocycles. The SMILES string of the molecule is COC(=O)c1sccc1NC(=O)c1csc(CCN)n1. The molecular formula is C12H13N3O3S2. The minimum Gasteiger partial charge on any atom is -0.465 e. The smallest absolute Gasteiger partial charge is 0.350 e. The Morgan fingerprint density at radius 3 is 2.95 bits per heavy atom. The number of hydrogen-bond donors (Lipinski definition) is 2. The number of nitrogens with zero attached hydrogens (tertiary/aromatic N) is 1. The number of esters is 1. The highest BCUT2D eigenvalue weighted by atomic mass is 32.1. The van der Waals surface area contributed by atoms with Crippen molar-refractivity contribution < 1.29 is 14.3 Å². The van der Waals surface area contributed by atoms with Gasteiger partial charge in [0.1, 0.15) is 10.6 Å². The van der Waals surface area contributed by atoms with Crippen molar-refractivity contribution in [1.82, 2.24) is 4.98 Å². The average molecular weight is 311 g/mol. The van der Waals surface area contributed by atoms with Crippen LogP contribution >= 0.6 is 22.7 Å². The molecular weight excluding hydrogens is 298 g/mol. The van der Waals surface area contributed by atoms with Crippen molar-refractivity contribution in [2.75, 3.05) is 19.0 Å². The third-order valence-electron chi connectivity index (χ3n) is 2.43. The summed E-state index contributed by atoms with van der Waals surface area (Å²) in [5.74, 6) is -0.828. The fourth-order valence-electron chi connectivity index (χ4n) is 1.50. The molecule has 0 aliphatic heterocycles. The van der Waals surface area contributed by atoms with Crippen LogP contribution in [-0.2, 0) is 11.2 Å². The summed E-state index contributed by atoms with van der Waals surface area (Å²) in [4.78, 5) is 28.1. The van der Waals surface area contributed by atoms with Crippen LogP contribution in [0, 0.1) is 0 Å². The molecule has 0 unspecified atom stereocenters. The van der Waals surface area contributed by atoms with E-state index in [1.807, 2.05) is 0 Å². The van der Waals surface area contributed by atoms with Crippen molar-refractivity contribution in [3.63, 3.8) is 0 Å². The summed E-state index contributed by atoms with van der Waals surface area (Å²) >= 11 is 2.60. The highest BCUT2D eigenvalue weighted by Gasteiger charge is 2.17. The lowest BCUT2D eigenvalue weighted by molar-refractivity contribution is 0.0607. The number of nitrogens with two attached hydrogens (primary N) is 1.